The molecule has 0 bridgehead atoms. The van der Waals surface area contributed by atoms with Crippen molar-refractivity contribution in [1.29, 1.82) is 0 Å². The maximum absolute atomic E-state index is 10.6. The normalized spacial score (nSPS) is 14.1. The summed E-state index contributed by atoms with van der Waals surface area (Å²) >= 11 is 4.11. The van der Waals surface area contributed by atoms with Gasteiger partial charge in [0, 0.05) is 0 Å². The molecule has 1 rings (SSSR count). The second-order valence-corrected chi connectivity index (χ2v) is 5.38. The monoisotopic (exact) mass is 254 g/mol. The molecule has 0 aliphatic heterocycles. The molecule has 1 unspecified atom stereocenters. The Morgan fingerprint density at radius 1 is 1.47 bits per heavy atom. The summed E-state index contributed by atoms with van der Waals surface area (Å²) in [6.07, 6.45) is 0. The molecule has 1 aromatic rings. The van der Waals surface area contributed by atoms with Gasteiger partial charge in [0.05, 0.1) is 15.7 Å². The number of rotatable bonds is 3. The zero-order valence-corrected chi connectivity index (χ0v) is 12.6. The summed E-state index contributed by atoms with van der Waals surface area (Å²) < 4.78 is 25.7. The number of hydrogen-bond acceptors (Lipinski definition) is 4. The molecule has 0 amide bonds. The minimum Gasteiger partial charge on any atom is -0.748 e. The van der Waals surface area contributed by atoms with Crippen molar-refractivity contribution in [1.82, 2.24) is 0 Å². The summed E-state index contributed by atoms with van der Waals surface area (Å²) in [6, 6.07) is 5.76. The average molecular weight is 254 g/mol. The fourth-order valence-corrected chi connectivity index (χ4v) is 1.51. The van der Waals surface area contributed by atoms with Crippen LogP contribution >= 0.6 is 0 Å². The summed E-state index contributed by atoms with van der Waals surface area (Å²) in [5, 5.41) is 0. The van der Waals surface area contributed by atoms with E-state index in [0.29, 0.717) is 0 Å². The molecule has 0 N–H and O–H groups in total. The Labute approximate surface area is 117 Å². The molecule has 1 aromatic carbocycles. The summed E-state index contributed by atoms with van der Waals surface area (Å²) in [7, 11) is -3.77. The van der Waals surface area contributed by atoms with Crippen LogP contribution in [0.1, 0.15) is 16.7 Å². The first kappa shape index (κ1) is 15.5. The Morgan fingerprint density at radius 2 is 2.07 bits per heavy atom. The van der Waals surface area contributed by atoms with E-state index >= 15 is 0 Å². The zero-order chi connectivity index (χ0) is 10.8. The third-order valence-electron chi connectivity index (χ3n) is 1.86. The quantitative estimate of drug-likeness (QED) is 0.624. The van der Waals surface area contributed by atoms with Crippen molar-refractivity contribution in [3.05, 3.63) is 34.9 Å². The van der Waals surface area contributed by atoms with Gasteiger partial charge in [-0.2, -0.15) is 0 Å². The third kappa shape index (κ3) is 5.97. The molecule has 0 aromatic heterocycles. The Kier molecular flexibility index (Phi) is 6.51. The molecule has 15 heavy (non-hydrogen) atoms. The molecule has 0 aliphatic carbocycles. The van der Waals surface area contributed by atoms with E-state index in [1.165, 1.54) is 0 Å². The zero-order valence-electron chi connectivity index (χ0n) is 8.98. The number of hydrogen-bond donors (Lipinski definition) is 0. The van der Waals surface area contributed by atoms with Gasteiger partial charge in [0.15, 0.2) is 0 Å². The second kappa shape index (κ2) is 6.30. The molecule has 0 spiro atoms. The molecule has 78 valence electrons. The van der Waals surface area contributed by atoms with Crippen molar-refractivity contribution < 1.29 is 42.5 Å². The fourth-order valence-electron chi connectivity index (χ4n) is 1.09. The minimum atomic E-state index is -3.77. The molecule has 0 heterocycles. The Morgan fingerprint density at radius 3 is 2.60 bits per heavy atom. The van der Waals surface area contributed by atoms with E-state index in [9.17, 15) is 8.76 Å². The van der Waals surface area contributed by atoms with Crippen molar-refractivity contribution in [2.24, 2.45) is 0 Å². The van der Waals surface area contributed by atoms with Crippen LogP contribution in [0.25, 0.3) is 0 Å². The molecular weight excluding hydrogens is 243 g/mol. The van der Waals surface area contributed by atoms with Gasteiger partial charge in [-0.3, -0.25) is 4.18 Å². The maximum atomic E-state index is 10.6. The van der Waals surface area contributed by atoms with Crippen molar-refractivity contribution in [2.75, 3.05) is 0 Å². The van der Waals surface area contributed by atoms with Gasteiger partial charge in [-0.05, 0) is 36.2 Å². The van der Waals surface area contributed by atoms with Crippen LogP contribution in [0.4, 0.5) is 0 Å². The van der Waals surface area contributed by atoms with Crippen LogP contribution in [0, 0.1) is 13.8 Å². The smallest absolute Gasteiger partial charge is 0.748 e. The van der Waals surface area contributed by atoms with Crippen molar-refractivity contribution in [3.8, 4) is 0 Å². The Hall–Kier alpha value is 0.510. The minimum absolute atomic E-state index is 0. The van der Waals surface area contributed by atoms with Gasteiger partial charge in [-0.15, -0.1) is 0 Å². The molecule has 3 nitrogen and oxygen atoms in total. The van der Waals surface area contributed by atoms with Gasteiger partial charge in [-0.1, -0.05) is 23.8 Å². The van der Waals surface area contributed by atoms with Gasteiger partial charge in [0.25, 0.3) is 0 Å². The Bertz CT molecular complexity index is 429. The van der Waals surface area contributed by atoms with E-state index in [4.69, 9.17) is 0 Å². The summed E-state index contributed by atoms with van der Waals surface area (Å²) in [5.41, 5.74) is 2.91. The molecule has 0 radical (unpaired) electrons. The average Bonchev–Trinajstić information content (AvgIpc) is 2.05. The second-order valence-electron chi connectivity index (χ2n) is 3.10. The first-order valence-electron chi connectivity index (χ1n) is 4.05. The topological polar surface area (TPSA) is 49.4 Å². The largest absolute Gasteiger partial charge is 1.00 e. The predicted molar refractivity (Wildman–Crippen MR) is 57.0 cm³/mol. The predicted octanol–water partition coefficient (Wildman–Crippen LogP) is -1.38. The number of aryl methyl sites for hydroxylation is 2. The van der Waals surface area contributed by atoms with Crippen LogP contribution < -0.4 is 29.6 Å². The first-order chi connectivity index (χ1) is 6.38. The van der Waals surface area contributed by atoms with Crippen molar-refractivity contribution >= 4 is 20.2 Å². The summed E-state index contributed by atoms with van der Waals surface area (Å²) in [5.74, 6) is 0. The van der Waals surface area contributed by atoms with Crippen molar-refractivity contribution in [2.45, 2.75) is 20.5 Å². The summed E-state index contributed by atoms with van der Waals surface area (Å²) in [4.78, 5) is 0. The van der Waals surface area contributed by atoms with Gasteiger partial charge in [0.2, 0.25) is 0 Å². The Balaban J connectivity index is 0.00000196. The van der Waals surface area contributed by atoms with Gasteiger partial charge in [0.1, 0.15) is 0 Å². The summed E-state index contributed by atoms with van der Waals surface area (Å²) in [6.45, 7) is 3.85. The van der Waals surface area contributed by atoms with Crippen LogP contribution in [-0.2, 0) is 31.0 Å². The van der Waals surface area contributed by atoms with Gasteiger partial charge < -0.3 is 4.55 Å². The van der Waals surface area contributed by atoms with Crippen molar-refractivity contribution in [3.63, 3.8) is 0 Å². The van der Waals surface area contributed by atoms with E-state index < -0.39 is 9.05 Å². The molecule has 0 fully saturated rings. The van der Waals surface area contributed by atoms with Gasteiger partial charge >= 0.3 is 29.6 Å². The van der Waals surface area contributed by atoms with E-state index in [2.05, 4.69) is 15.4 Å². The standard InChI is InChI=1S/C9H12O3S2.Na/c1-7-3-4-8(2)9(5-7)6-12-14(10,11)13;/h3-5H,6H2,1-2H3,(H,10,11,13);/q;+1/p-1. The van der Waals surface area contributed by atoms with Crippen LogP contribution in [0.15, 0.2) is 18.2 Å². The van der Waals surface area contributed by atoms with Crippen LogP contribution in [0.5, 0.6) is 0 Å². The van der Waals surface area contributed by atoms with E-state index in [1.54, 1.807) is 0 Å². The first-order valence-corrected chi connectivity index (χ1v) is 6.38. The van der Waals surface area contributed by atoms with E-state index in [-0.39, 0.29) is 36.2 Å². The molecule has 0 saturated heterocycles. The third-order valence-corrected chi connectivity index (χ3v) is 2.56. The molecule has 1 atom stereocenters. The molecule has 6 heteroatoms. The molecular formula is C9H11NaO3S2. The SMILES string of the molecule is Cc1ccc(C)c(COS(=O)([O-])=S)c1.[Na+]. The van der Waals surface area contributed by atoms with Crippen LogP contribution in [0.2, 0.25) is 0 Å². The van der Waals surface area contributed by atoms with Crippen LogP contribution in [-0.4, -0.2) is 8.76 Å². The molecule has 0 aliphatic rings. The van der Waals surface area contributed by atoms with Crippen LogP contribution in [0.3, 0.4) is 0 Å². The van der Waals surface area contributed by atoms with Gasteiger partial charge in [-0.25, -0.2) is 4.21 Å². The van der Waals surface area contributed by atoms with E-state index in [1.807, 2.05) is 32.0 Å². The van der Waals surface area contributed by atoms with E-state index in [0.717, 1.165) is 16.7 Å². The molecule has 0 saturated carbocycles. The fraction of sp³-hybridized carbons (Fsp3) is 0.333. The number of benzene rings is 1. The maximum Gasteiger partial charge on any atom is 1.00 e.